The van der Waals surface area contributed by atoms with Crippen LogP contribution >= 0.6 is 23.1 Å². The number of rotatable bonds is 7. The zero-order valence-corrected chi connectivity index (χ0v) is 10.9. The lowest BCUT2D eigenvalue weighted by atomic mass is 10.2. The van der Waals surface area contributed by atoms with Gasteiger partial charge in [-0.05, 0) is 19.1 Å². The van der Waals surface area contributed by atoms with Gasteiger partial charge in [0.25, 0.3) is 0 Å². The molecule has 1 rings (SSSR count). The Bertz CT molecular complexity index is 304. The molecule has 1 heterocycles. The number of nitrogens with zero attached hydrogens (tertiary/aromatic N) is 1. The number of nitrogens with two attached hydrogens (primary N) is 1. The second-order valence-electron chi connectivity index (χ2n) is 3.13. The number of hydrogen-bond acceptors (Lipinski definition) is 6. The molecule has 0 saturated carbocycles. The lowest BCUT2D eigenvalue weighted by molar-refractivity contribution is -0.144. The van der Waals surface area contributed by atoms with Gasteiger partial charge < -0.3 is 10.5 Å². The van der Waals surface area contributed by atoms with Gasteiger partial charge in [0.05, 0.1) is 6.61 Å². The minimum atomic E-state index is -0.497. The Hall–Kier alpha value is -0.590. The molecule has 0 amide bonds. The van der Waals surface area contributed by atoms with E-state index in [1.54, 1.807) is 36.2 Å². The summed E-state index contributed by atoms with van der Waals surface area (Å²) in [5.74, 6) is 1.42. The van der Waals surface area contributed by atoms with Crippen LogP contribution in [0.15, 0.2) is 11.6 Å². The molecule has 0 aliphatic carbocycles. The lowest BCUT2D eigenvalue weighted by Gasteiger charge is -2.09. The number of esters is 1. The summed E-state index contributed by atoms with van der Waals surface area (Å²) < 4.78 is 4.82. The highest BCUT2D eigenvalue weighted by Gasteiger charge is 2.13. The Morgan fingerprint density at radius 1 is 1.75 bits per heavy atom. The summed E-state index contributed by atoms with van der Waals surface area (Å²) in [4.78, 5) is 15.4. The zero-order valence-electron chi connectivity index (χ0n) is 9.22. The van der Waals surface area contributed by atoms with Crippen molar-refractivity contribution in [1.82, 2.24) is 4.98 Å². The number of carbonyl (C=O) groups is 1. The predicted octanol–water partition coefficient (Wildman–Crippen LogP) is 1.66. The quantitative estimate of drug-likeness (QED) is 0.596. The van der Waals surface area contributed by atoms with Crippen molar-refractivity contribution >= 4 is 29.1 Å². The Morgan fingerprint density at radius 3 is 3.19 bits per heavy atom. The molecule has 0 aromatic carbocycles. The van der Waals surface area contributed by atoms with E-state index in [-0.39, 0.29) is 5.97 Å². The average molecular weight is 260 g/mol. The first kappa shape index (κ1) is 13.5. The van der Waals surface area contributed by atoms with Crippen molar-refractivity contribution in [3.63, 3.8) is 0 Å². The smallest absolute Gasteiger partial charge is 0.322 e. The zero-order chi connectivity index (χ0) is 11.8. The fourth-order valence-corrected chi connectivity index (χ4v) is 2.80. The van der Waals surface area contributed by atoms with E-state index in [0.29, 0.717) is 13.0 Å². The molecule has 1 unspecified atom stereocenters. The fraction of sp³-hybridized carbons (Fsp3) is 0.600. The van der Waals surface area contributed by atoms with Crippen LogP contribution in [0, 0.1) is 0 Å². The first-order valence-electron chi connectivity index (χ1n) is 5.12. The van der Waals surface area contributed by atoms with Crippen LogP contribution in [0.25, 0.3) is 0 Å². The molecule has 1 aromatic heterocycles. The highest BCUT2D eigenvalue weighted by atomic mass is 32.2. The van der Waals surface area contributed by atoms with E-state index in [4.69, 9.17) is 10.5 Å². The Balaban J connectivity index is 2.08. The van der Waals surface area contributed by atoms with E-state index >= 15 is 0 Å². The van der Waals surface area contributed by atoms with E-state index in [0.717, 1.165) is 16.5 Å². The first-order chi connectivity index (χ1) is 7.74. The van der Waals surface area contributed by atoms with Crippen LogP contribution in [0.3, 0.4) is 0 Å². The van der Waals surface area contributed by atoms with Gasteiger partial charge in [0.15, 0.2) is 0 Å². The summed E-state index contributed by atoms with van der Waals surface area (Å²) in [5, 5.41) is 3.06. The molecule has 0 radical (unpaired) electrons. The summed E-state index contributed by atoms with van der Waals surface area (Å²) in [6.07, 6.45) is 2.44. The second kappa shape index (κ2) is 7.65. The van der Waals surface area contributed by atoms with Gasteiger partial charge in [-0.1, -0.05) is 0 Å². The first-order valence-corrected chi connectivity index (χ1v) is 7.15. The number of hydrogen-bond donors (Lipinski definition) is 1. The maximum atomic E-state index is 11.2. The molecule has 1 atom stereocenters. The minimum absolute atomic E-state index is 0.308. The molecule has 1 aromatic rings. The third kappa shape index (κ3) is 4.96. The molecule has 90 valence electrons. The van der Waals surface area contributed by atoms with Gasteiger partial charge in [0.1, 0.15) is 11.0 Å². The summed E-state index contributed by atoms with van der Waals surface area (Å²) in [6.45, 7) is 2.17. The van der Waals surface area contributed by atoms with Crippen LogP contribution in [-0.4, -0.2) is 29.4 Å². The van der Waals surface area contributed by atoms with Crippen LogP contribution in [-0.2, 0) is 15.3 Å². The normalized spacial score (nSPS) is 12.4. The molecule has 0 saturated heterocycles. The van der Waals surface area contributed by atoms with Gasteiger partial charge in [-0.15, -0.1) is 11.3 Å². The van der Waals surface area contributed by atoms with Crippen LogP contribution in [0.4, 0.5) is 0 Å². The summed E-state index contributed by atoms with van der Waals surface area (Å²) >= 11 is 3.38. The maximum Gasteiger partial charge on any atom is 0.322 e. The topological polar surface area (TPSA) is 65.2 Å². The SMILES string of the molecule is CCOC(=O)C(N)CCSCc1nccs1. The van der Waals surface area contributed by atoms with Crippen LogP contribution < -0.4 is 5.73 Å². The monoisotopic (exact) mass is 260 g/mol. The summed E-state index contributed by atoms with van der Waals surface area (Å²) in [5.41, 5.74) is 5.66. The van der Waals surface area contributed by atoms with E-state index in [9.17, 15) is 4.79 Å². The highest BCUT2D eigenvalue weighted by molar-refractivity contribution is 7.98. The third-order valence-electron chi connectivity index (χ3n) is 1.87. The number of aromatic nitrogens is 1. The van der Waals surface area contributed by atoms with Crippen molar-refractivity contribution in [2.24, 2.45) is 5.73 Å². The molecule has 0 spiro atoms. The minimum Gasteiger partial charge on any atom is -0.465 e. The van der Waals surface area contributed by atoms with E-state index < -0.39 is 6.04 Å². The van der Waals surface area contributed by atoms with Crippen molar-refractivity contribution in [3.05, 3.63) is 16.6 Å². The number of thioether (sulfide) groups is 1. The standard InChI is InChI=1S/C10H16N2O2S2/c1-2-14-10(13)8(11)3-5-15-7-9-12-4-6-16-9/h4,6,8H,2-3,5,7,11H2,1H3. The van der Waals surface area contributed by atoms with E-state index in [2.05, 4.69) is 4.98 Å². The average Bonchev–Trinajstić information content (AvgIpc) is 2.77. The number of carbonyl (C=O) groups excluding carboxylic acids is 1. The fourth-order valence-electron chi connectivity index (χ4n) is 1.06. The molecule has 0 bridgehead atoms. The molecule has 0 fully saturated rings. The molecule has 4 nitrogen and oxygen atoms in total. The Labute approximate surface area is 104 Å². The van der Waals surface area contributed by atoms with Crippen molar-refractivity contribution in [1.29, 1.82) is 0 Å². The van der Waals surface area contributed by atoms with Crippen molar-refractivity contribution in [2.45, 2.75) is 25.1 Å². The molecule has 0 aliphatic heterocycles. The largest absolute Gasteiger partial charge is 0.465 e. The van der Waals surface area contributed by atoms with Crippen LogP contribution in [0.1, 0.15) is 18.4 Å². The van der Waals surface area contributed by atoms with Gasteiger partial charge in [-0.3, -0.25) is 4.79 Å². The van der Waals surface area contributed by atoms with Gasteiger partial charge in [0, 0.05) is 17.3 Å². The number of thiazole rings is 1. The molecule has 2 N–H and O–H groups in total. The van der Waals surface area contributed by atoms with Gasteiger partial charge >= 0.3 is 5.97 Å². The molecular weight excluding hydrogens is 244 g/mol. The van der Waals surface area contributed by atoms with E-state index in [1.807, 2.05) is 5.38 Å². The van der Waals surface area contributed by atoms with Gasteiger partial charge in [-0.25, -0.2) is 4.98 Å². The Morgan fingerprint density at radius 2 is 2.56 bits per heavy atom. The molecule has 0 aliphatic rings. The maximum absolute atomic E-state index is 11.2. The van der Waals surface area contributed by atoms with Crippen molar-refractivity contribution < 1.29 is 9.53 Å². The van der Waals surface area contributed by atoms with E-state index in [1.165, 1.54) is 0 Å². The number of ether oxygens (including phenoxy) is 1. The molecule has 6 heteroatoms. The van der Waals surface area contributed by atoms with Crippen LogP contribution in [0.2, 0.25) is 0 Å². The van der Waals surface area contributed by atoms with Crippen molar-refractivity contribution in [2.75, 3.05) is 12.4 Å². The highest BCUT2D eigenvalue weighted by Crippen LogP contribution is 2.15. The van der Waals surface area contributed by atoms with Gasteiger partial charge in [0.2, 0.25) is 0 Å². The summed E-state index contributed by atoms with van der Waals surface area (Å²) in [6, 6.07) is -0.497. The van der Waals surface area contributed by atoms with Crippen molar-refractivity contribution in [3.8, 4) is 0 Å². The molecular formula is C10H16N2O2S2. The third-order valence-corrected chi connectivity index (χ3v) is 3.84. The van der Waals surface area contributed by atoms with Crippen LogP contribution in [0.5, 0.6) is 0 Å². The second-order valence-corrected chi connectivity index (χ2v) is 5.21. The Kier molecular flexibility index (Phi) is 6.44. The molecule has 16 heavy (non-hydrogen) atoms. The lowest BCUT2D eigenvalue weighted by Crippen LogP contribution is -2.32. The predicted molar refractivity (Wildman–Crippen MR) is 67.5 cm³/mol. The van der Waals surface area contributed by atoms with Gasteiger partial charge in [-0.2, -0.15) is 11.8 Å². The summed E-state index contributed by atoms with van der Waals surface area (Å²) in [7, 11) is 0.